The molecule has 3 aliphatic carbocycles. The number of hydrogen-bond donors (Lipinski definition) is 0. The van der Waals surface area contributed by atoms with Crippen molar-refractivity contribution in [2.45, 2.75) is 51.4 Å². The summed E-state index contributed by atoms with van der Waals surface area (Å²) in [5.74, 6) is 0. The van der Waals surface area contributed by atoms with E-state index in [1.54, 1.807) is 11.1 Å². The first-order valence-corrected chi connectivity index (χ1v) is 14.0. The molecular formula is C31H32CoOP. The Morgan fingerprint density at radius 2 is 0.971 bits per heavy atom. The summed E-state index contributed by atoms with van der Waals surface area (Å²) in [6.45, 7) is 0. The van der Waals surface area contributed by atoms with Gasteiger partial charge in [-0.25, -0.2) is 0 Å². The second-order valence-electron chi connectivity index (χ2n) is 9.15. The van der Waals surface area contributed by atoms with E-state index >= 15 is 0 Å². The fourth-order valence-electron chi connectivity index (χ4n) is 5.51. The molecule has 34 heavy (non-hydrogen) atoms. The van der Waals surface area contributed by atoms with Crippen LogP contribution in [0, 0.1) is 32.1 Å². The zero-order valence-corrected chi connectivity index (χ0v) is 21.5. The first-order valence-electron chi connectivity index (χ1n) is 12.3. The topological polar surface area (TPSA) is 17.1 Å². The van der Waals surface area contributed by atoms with Gasteiger partial charge in [-0.2, -0.15) is 0 Å². The third-order valence-electron chi connectivity index (χ3n) is 7.10. The number of aryl methyl sites for hydroxylation is 1. The Bertz CT molecular complexity index is 1070. The van der Waals surface area contributed by atoms with Crippen LogP contribution in [0.1, 0.15) is 47.9 Å². The van der Waals surface area contributed by atoms with Crippen LogP contribution in [-0.2, 0) is 47.0 Å². The smallest absolute Gasteiger partial charge is 0.171 e. The van der Waals surface area contributed by atoms with Crippen molar-refractivity contribution in [3.05, 3.63) is 121 Å². The van der Waals surface area contributed by atoms with E-state index in [-0.39, 0.29) is 16.8 Å². The number of fused-ring (bicyclic) bond motifs is 3. The summed E-state index contributed by atoms with van der Waals surface area (Å²) in [5, 5.41) is 3.05. The van der Waals surface area contributed by atoms with E-state index in [0.29, 0.717) is 0 Å². The number of hydrogen-bond acceptors (Lipinski definition) is 1. The Morgan fingerprint density at radius 3 is 1.50 bits per heavy atom. The molecule has 1 nitrogen and oxygen atoms in total. The van der Waals surface area contributed by atoms with E-state index < -0.39 is 7.14 Å². The van der Waals surface area contributed by atoms with Crippen LogP contribution in [0.4, 0.5) is 0 Å². The predicted octanol–water partition coefficient (Wildman–Crippen LogP) is 6.10. The molecule has 3 aromatic carbocycles. The van der Waals surface area contributed by atoms with Crippen molar-refractivity contribution in [3.8, 4) is 0 Å². The van der Waals surface area contributed by atoms with Crippen LogP contribution in [0.5, 0.6) is 0 Å². The first kappa shape index (κ1) is 25.5. The van der Waals surface area contributed by atoms with Crippen LogP contribution in [0.2, 0.25) is 0 Å². The maximum atomic E-state index is 15.0. The molecule has 0 aliphatic heterocycles. The van der Waals surface area contributed by atoms with Crippen LogP contribution >= 0.6 is 7.14 Å². The molecular weight excluding hydrogens is 478 g/mol. The van der Waals surface area contributed by atoms with Gasteiger partial charge < -0.3 is 4.57 Å². The molecule has 0 unspecified atom stereocenters. The summed E-state index contributed by atoms with van der Waals surface area (Å²) >= 11 is 0. The Labute approximate surface area is 216 Å². The van der Waals surface area contributed by atoms with E-state index in [0.717, 1.165) is 35.2 Å². The molecule has 0 heterocycles. The van der Waals surface area contributed by atoms with Crippen LogP contribution in [-0.4, -0.2) is 0 Å². The summed E-state index contributed by atoms with van der Waals surface area (Å²) in [6.07, 6.45) is 19.6. The van der Waals surface area contributed by atoms with E-state index in [1.165, 1.54) is 43.2 Å². The average Bonchev–Trinajstić information content (AvgIpc) is 3.49. The van der Waals surface area contributed by atoms with Gasteiger partial charge >= 0.3 is 0 Å². The van der Waals surface area contributed by atoms with Gasteiger partial charge in [-0.15, -0.1) is 0 Å². The van der Waals surface area contributed by atoms with Gasteiger partial charge in [-0.05, 0) is 112 Å². The Balaban J connectivity index is 0.000000407. The van der Waals surface area contributed by atoms with Crippen LogP contribution < -0.4 is 15.9 Å². The van der Waals surface area contributed by atoms with Crippen LogP contribution in [0.3, 0.4) is 0 Å². The molecule has 0 aromatic heterocycles. The van der Waals surface area contributed by atoms with Crippen molar-refractivity contribution in [2.75, 3.05) is 0 Å². The van der Waals surface area contributed by atoms with Crippen molar-refractivity contribution >= 4 is 23.1 Å². The van der Waals surface area contributed by atoms with Crippen molar-refractivity contribution in [2.24, 2.45) is 0 Å². The summed E-state index contributed by atoms with van der Waals surface area (Å²) < 4.78 is 15.0. The Morgan fingerprint density at radius 1 is 0.529 bits per heavy atom. The first-order chi connectivity index (χ1) is 16.3. The molecule has 0 saturated heterocycles. The third kappa shape index (κ3) is 5.15. The zero-order valence-electron chi connectivity index (χ0n) is 19.6. The van der Waals surface area contributed by atoms with Gasteiger partial charge in [0.1, 0.15) is 0 Å². The van der Waals surface area contributed by atoms with E-state index in [9.17, 15) is 4.57 Å². The molecule has 6 radical (unpaired) electrons. The second kappa shape index (κ2) is 11.9. The normalized spacial score (nSPS) is 16.9. The monoisotopic (exact) mass is 510 g/mol. The zero-order chi connectivity index (χ0) is 22.5. The summed E-state index contributed by atoms with van der Waals surface area (Å²) in [6, 6.07) is 22.7. The second-order valence-corrected chi connectivity index (χ2v) is 11.9. The molecule has 0 bridgehead atoms. The molecule has 3 aromatic rings. The SMILES string of the molecule is O=P(c1ccccc1)(c1ccccc1)c1cc2c(c3c1CCCC3)CCCC2.[CH]1[CH][CH][CH][CH]1.[Co]. The molecule has 0 spiro atoms. The molecule has 176 valence electrons. The van der Waals surface area contributed by atoms with Crippen molar-refractivity contribution in [3.63, 3.8) is 0 Å². The standard InChI is InChI=1S/C26H27OP.C5H5.Co/c27-28(21-12-3-1-4-13-21,22-14-5-2-6-15-22)26-19-20-11-7-8-16-23(20)24-17-9-10-18-25(24)26;1-2-4-5-3-1;/h1-6,12-15,19H,7-11,16-18H2;1-5H;. The minimum Gasteiger partial charge on any atom is -0.309 e. The minimum absolute atomic E-state index is 0. The fourth-order valence-corrected chi connectivity index (χ4v) is 8.51. The summed E-state index contributed by atoms with van der Waals surface area (Å²) in [7, 11) is -2.88. The van der Waals surface area contributed by atoms with Gasteiger partial charge in [0.25, 0.3) is 0 Å². The third-order valence-corrected chi connectivity index (χ3v) is 10.2. The molecule has 0 amide bonds. The van der Waals surface area contributed by atoms with Crippen molar-refractivity contribution < 1.29 is 21.3 Å². The van der Waals surface area contributed by atoms with Gasteiger partial charge in [0.2, 0.25) is 0 Å². The molecule has 1 saturated carbocycles. The van der Waals surface area contributed by atoms with Gasteiger partial charge in [0, 0.05) is 32.7 Å². The van der Waals surface area contributed by atoms with E-state index in [1.807, 2.05) is 68.5 Å². The molecule has 3 heteroatoms. The van der Waals surface area contributed by atoms with Crippen LogP contribution in [0.15, 0.2) is 66.7 Å². The maximum Gasteiger partial charge on any atom is 0.171 e. The Hall–Kier alpha value is -1.60. The largest absolute Gasteiger partial charge is 0.309 e. The van der Waals surface area contributed by atoms with Crippen molar-refractivity contribution in [1.29, 1.82) is 0 Å². The molecule has 6 rings (SSSR count). The Kier molecular flexibility index (Phi) is 8.91. The maximum absolute atomic E-state index is 15.0. The predicted molar refractivity (Wildman–Crippen MR) is 141 cm³/mol. The fraction of sp³-hybridized carbons (Fsp3) is 0.258. The van der Waals surface area contributed by atoms with Gasteiger partial charge in [-0.3, -0.25) is 0 Å². The van der Waals surface area contributed by atoms with Crippen LogP contribution in [0.25, 0.3) is 0 Å². The number of rotatable bonds is 3. The molecule has 0 N–H and O–H groups in total. The quantitative estimate of drug-likeness (QED) is 0.389. The minimum atomic E-state index is -2.88. The van der Waals surface area contributed by atoms with E-state index in [2.05, 4.69) is 30.3 Å². The van der Waals surface area contributed by atoms with E-state index in [4.69, 9.17) is 0 Å². The van der Waals surface area contributed by atoms with Gasteiger partial charge in [0.15, 0.2) is 7.14 Å². The molecule has 3 aliphatic rings. The summed E-state index contributed by atoms with van der Waals surface area (Å²) in [4.78, 5) is 0. The number of benzene rings is 3. The van der Waals surface area contributed by atoms with Crippen molar-refractivity contribution in [1.82, 2.24) is 0 Å². The molecule has 1 fully saturated rings. The molecule has 0 atom stereocenters. The van der Waals surface area contributed by atoms with Gasteiger partial charge in [-0.1, -0.05) is 60.7 Å². The average molecular weight is 511 g/mol. The summed E-state index contributed by atoms with van der Waals surface area (Å²) in [5.41, 5.74) is 6.01. The van der Waals surface area contributed by atoms with Gasteiger partial charge in [0.05, 0.1) is 0 Å².